The first-order valence-electron chi connectivity index (χ1n) is 4.53. The van der Waals surface area contributed by atoms with Gasteiger partial charge in [0.05, 0.1) is 12.4 Å². The van der Waals surface area contributed by atoms with Crippen molar-refractivity contribution < 1.29 is 0 Å². The zero-order valence-electron chi connectivity index (χ0n) is 7.50. The van der Waals surface area contributed by atoms with Gasteiger partial charge in [-0.25, -0.2) is 4.98 Å². The maximum Gasteiger partial charge on any atom is 0.149 e. The van der Waals surface area contributed by atoms with Gasteiger partial charge in [-0.05, 0) is 12.3 Å². The van der Waals surface area contributed by atoms with Crippen molar-refractivity contribution in [2.45, 2.75) is 25.8 Å². The Morgan fingerprint density at radius 3 is 3.08 bits per heavy atom. The molecule has 1 aliphatic rings. The number of hydrogen-bond acceptors (Lipinski definition) is 3. The normalized spacial score (nSPS) is 25.7. The highest BCUT2D eigenvalue weighted by Gasteiger charge is 2.35. The summed E-state index contributed by atoms with van der Waals surface area (Å²) in [5.74, 6) is 1.59. The maximum absolute atomic E-state index is 5.71. The second-order valence-electron chi connectivity index (χ2n) is 3.38. The number of aromatic nitrogens is 2. The molecule has 0 bridgehead atoms. The Bertz CT molecular complexity index is 303. The van der Waals surface area contributed by atoms with E-state index in [-0.39, 0.29) is 0 Å². The molecule has 0 unspecified atom stereocenters. The second kappa shape index (κ2) is 3.50. The second-order valence-corrected chi connectivity index (χ2v) is 3.77. The quantitative estimate of drug-likeness (QED) is 0.809. The molecule has 1 aliphatic carbocycles. The minimum Gasteiger partial charge on any atom is -0.366 e. The van der Waals surface area contributed by atoms with Crippen LogP contribution in [0.5, 0.6) is 0 Å². The van der Waals surface area contributed by atoms with E-state index in [2.05, 4.69) is 22.2 Å². The largest absolute Gasteiger partial charge is 0.366 e. The van der Waals surface area contributed by atoms with Gasteiger partial charge in [-0.1, -0.05) is 24.9 Å². The van der Waals surface area contributed by atoms with Crippen LogP contribution in [0.15, 0.2) is 12.4 Å². The fourth-order valence-corrected chi connectivity index (χ4v) is 1.62. The lowest BCUT2D eigenvalue weighted by atomic mass is 10.3. The van der Waals surface area contributed by atoms with E-state index in [1.165, 1.54) is 19.0 Å². The summed E-state index contributed by atoms with van der Waals surface area (Å²) in [6.45, 7) is 2.20. The van der Waals surface area contributed by atoms with Crippen LogP contribution in [0, 0.1) is 5.92 Å². The number of halogens is 1. The van der Waals surface area contributed by atoms with E-state index in [0.29, 0.717) is 11.2 Å². The van der Waals surface area contributed by atoms with Gasteiger partial charge in [0, 0.05) is 6.04 Å². The van der Waals surface area contributed by atoms with E-state index in [0.717, 1.165) is 11.7 Å². The average Bonchev–Trinajstić information content (AvgIpc) is 2.83. The topological polar surface area (TPSA) is 37.8 Å². The molecule has 0 radical (unpaired) electrons. The Hall–Kier alpha value is -0.830. The van der Waals surface area contributed by atoms with Crippen LogP contribution >= 0.6 is 11.6 Å². The first-order chi connectivity index (χ1) is 6.29. The molecule has 1 aromatic rings. The minimum atomic E-state index is 0.443. The van der Waals surface area contributed by atoms with Crippen molar-refractivity contribution in [2.75, 3.05) is 5.32 Å². The standard InChI is InChI=1S/C9H12ClN3/c1-2-6-3-7(6)12-9-5-11-4-8(10)13-9/h4-7H,2-3H2,1H3,(H,12,13)/t6-,7-/m1/s1. The Labute approximate surface area is 82.5 Å². The summed E-state index contributed by atoms with van der Waals surface area (Å²) in [5, 5.41) is 3.74. The number of nitrogens with zero attached hydrogens (tertiary/aromatic N) is 2. The van der Waals surface area contributed by atoms with Gasteiger partial charge in [-0.3, -0.25) is 4.98 Å². The summed E-state index contributed by atoms with van der Waals surface area (Å²) in [6.07, 6.45) is 5.71. The molecule has 0 aromatic carbocycles. The van der Waals surface area contributed by atoms with Gasteiger partial charge in [0.25, 0.3) is 0 Å². The summed E-state index contributed by atoms with van der Waals surface area (Å²) >= 11 is 5.71. The summed E-state index contributed by atoms with van der Waals surface area (Å²) in [5.41, 5.74) is 0. The number of rotatable bonds is 3. The van der Waals surface area contributed by atoms with Crippen LogP contribution in [0.25, 0.3) is 0 Å². The van der Waals surface area contributed by atoms with Gasteiger partial charge in [0.2, 0.25) is 0 Å². The first kappa shape index (κ1) is 8.75. The highest BCUT2D eigenvalue weighted by atomic mass is 35.5. The maximum atomic E-state index is 5.71. The zero-order valence-corrected chi connectivity index (χ0v) is 8.25. The smallest absolute Gasteiger partial charge is 0.149 e. The molecule has 1 heterocycles. The summed E-state index contributed by atoms with van der Waals surface area (Å²) in [7, 11) is 0. The third kappa shape index (κ3) is 2.10. The summed E-state index contributed by atoms with van der Waals surface area (Å²) in [6, 6.07) is 0.581. The summed E-state index contributed by atoms with van der Waals surface area (Å²) < 4.78 is 0. The van der Waals surface area contributed by atoms with Crippen LogP contribution in [0.2, 0.25) is 5.15 Å². The van der Waals surface area contributed by atoms with E-state index < -0.39 is 0 Å². The third-order valence-electron chi connectivity index (χ3n) is 2.39. The molecule has 0 amide bonds. The minimum absolute atomic E-state index is 0.443. The van der Waals surface area contributed by atoms with Crippen molar-refractivity contribution in [3.05, 3.63) is 17.5 Å². The Morgan fingerprint density at radius 1 is 1.62 bits per heavy atom. The van der Waals surface area contributed by atoms with Crippen LogP contribution in [-0.2, 0) is 0 Å². The fourth-order valence-electron chi connectivity index (χ4n) is 1.48. The molecule has 70 valence electrons. The van der Waals surface area contributed by atoms with Crippen LogP contribution in [0.4, 0.5) is 5.82 Å². The van der Waals surface area contributed by atoms with Crippen molar-refractivity contribution in [3.8, 4) is 0 Å². The van der Waals surface area contributed by atoms with Gasteiger partial charge < -0.3 is 5.32 Å². The molecule has 0 saturated heterocycles. The summed E-state index contributed by atoms with van der Waals surface area (Å²) in [4.78, 5) is 8.07. The van der Waals surface area contributed by atoms with Gasteiger partial charge in [0.15, 0.2) is 0 Å². The van der Waals surface area contributed by atoms with Crippen molar-refractivity contribution in [2.24, 2.45) is 5.92 Å². The SMILES string of the molecule is CC[C@@H]1C[C@H]1Nc1cncc(Cl)n1. The van der Waals surface area contributed by atoms with E-state index in [1.807, 2.05) is 0 Å². The third-order valence-corrected chi connectivity index (χ3v) is 2.57. The first-order valence-corrected chi connectivity index (χ1v) is 4.91. The van der Waals surface area contributed by atoms with Gasteiger partial charge in [0.1, 0.15) is 11.0 Å². The molecule has 2 atom stereocenters. The molecular weight excluding hydrogens is 186 g/mol. The van der Waals surface area contributed by atoms with Crippen LogP contribution < -0.4 is 5.32 Å². The number of nitrogens with one attached hydrogen (secondary N) is 1. The average molecular weight is 198 g/mol. The van der Waals surface area contributed by atoms with Crippen molar-refractivity contribution in [1.29, 1.82) is 0 Å². The van der Waals surface area contributed by atoms with E-state index in [9.17, 15) is 0 Å². The van der Waals surface area contributed by atoms with Gasteiger partial charge in [-0.15, -0.1) is 0 Å². The van der Waals surface area contributed by atoms with Gasteiger partial charge >= 0.3 is 0 Å². The Morgan fingerprint density at radius 2 is 2.46 bits per heavy atom. The van der Waals surface area contributed by atoms with E-state index in [1.54, 1.807) is 6.20 Å². The molecule has 1 fully saturated rings. The van der Waals surface area contributed by atoms with Gasteiger partial charge in [-0.2, -0.15) is 0 Å². The molecule has 3 nitrogen and oxygen atoms in total. The monoisotopic (exact) mass is 197 g/mol. The fraction of sp³-hybridized carbons (Fsp3) is 0.556. The van der Waals surface area contributed by atoms with Crippen molar-refractivity contribution in [3.63, 3.8) is 0 Å². The zero-order chi connectivity index (χ0) is 9.26. The Kier molecular flexibility index (Phi) is 2.36. The molecule has 1 saturated carbocycles. The van der Waals surface area contributed by atoms with E-state index in [4.69, 9.17) is 11.6 Å². The Balaban J connectivity index is 1.95. The van der Waals surface area contributed by atoms with Crippen LogP contribution in [-0.4, -0.2) is 16.0 Å². The highest BCUT2D eigenvalue weighted by Crippen LogP contribution is 2.35. The molecule has 13 heavy (non-hydrogen) atoms. The molecule has 4 heteroatoms. The molecule has 2 rings (SSSR count). The lowest BCUT2D eigenvalue weighted by Crippen LogP contribution is -2.06. The predicted molar refractivity (Wildman–Crippen MR) is 52.9 cm³/mol. The molecule has 0 aliphatic heterocycles. The molecule has 0 spiro atoms. The van der Waals surface area contributed by atoms with Crippen molar-refractivity contribution >= 4 is 17.4 Å². The van der Waals surface area contributed by atoms with Crippen LogP contribution in [0.1, 0.15) is 19.8 Å². The number of anilines is 1. The predicted octanol–water partition coefficient (Wildman–Crippen LogP) is 2.34. The molecule has 1 aromatic heterocycles. The lowest BCUT2D eigenvalue weighted by Gasteiger charge is -2.02. The van der Waals surface area contributed by atoms with Crippen molar-refractivity contribution in [1.82, 2.24) is 9.97 Å². The van der Waals surface area contributed by atoms with Crippen LogP contribution in [0.3, 0.4) is 0 Å². The molecule has 1 N–H and O–H groups in total. The number of hydrogen-bond donors (Lipinski definition) is 1. The molecular formula is C9H12ClN3. The highest BCUT2D eigenvalue weighted by molar-refractivity contribution is 6.29. The van der Waals surface area contributed by atoms with E-state index >= 15 is 0 Å². The lowest BCUT2D eigenvalue weighted by molar-refractivity contribution is 0.773.